The second-order valence-corrected chi connectivity index (χ2v) is 7.06. The van der Waals surface area contributed by atoms with Gasteiger partial charge < -0.3 is 14.4 Å². The Labute approximate surface area is 145 Å². The number of aryl methyl sites for hydroxylation is 1. The van der Waals surface area contributed by atoms with Gasteiger partial charge in [-0.05, 0) is 20.0 Å². The molecule has 0 bridgehead atoms. The van der Waals surface area contributed by atoms with Gasteiger partial charge >= 0.3 is 5.69 Å². The van der Waals surface area contributed by atoms with E-state index in [4.69, 9.17) is 0 Å². The fourth-order valence-electron chi connectivity index (χ4n) is 3.59. The van der Waals surface area contributed by atoms with Gasteiger partial charge in [0.15, 0.2) is 11.2 Å². The van der Waals surface area contributed by atoms with Gasteiger partial charge in [-0.25, -0.2) is 9.78 Å². The summed E-state index contributed by atoms with van der Waals surface area (Å²) in [5.41, 5.74) is -0.308. The maximum atomic E-state index is 12.7. The van der Waals surface area contributed by atoms with Crippen molar-refractivity contribution in [1.29, 1.82) is 0 Å². The summed E-state index contributed by atoms with van der Waals surface area (Å²) in [5, 5.41) is 0. The van der Waals surface area contributed by atoms with Crippen LogP contribution in [0.2, 0.25) is 0 Å². The normalized spacial score (nSPS) is 20.8. The van der Waals surface area contributed by atoms with Crippen molar-refractivity contribution in [2.75, 3.05) is 27.2 Å². The summed E-state index contributed by atoms with van der Waals surface area (Å²) in [6, 6.07) is 0.331. The molecule has 2 aromatic heterocycles. The van der Waals surface area contributed by atoms with E-state index in [1.807, 2.05) is 19.0 Å². The number of fused-ring (bicyclic) bond motifs is 1. The minimum absolute atomic E-state index is 0.0385. The topological polar surface area (TPSA) is 85.4 Å². The second kappa shape index (κ2) is 6.14. The highest BCUT2D eigenvalue weighted by Crippen LogP contribution is 2.20. The molecule has 1 aliphatic heterocycles. The minimum atomic E-state index is -0.440. The highest BCUT2D eigenvalue weighted by Gasteiger charge is 2.33. The van der Waals surface area contributed by atoms with Gasteiger partial charge in [-0.15, -0.1) is 0 Å². The van der Waals surface area contributed by atoms with Crippen LogP contribution in [0, 0.1) is 5.92 Å². The lowest BCUT2D eigenvalue weighted by Gasteiger charge is -2.22. The van der Waals surface area contributed by atoms with Gasteiger partial charge in [-0.3, -0.25) is 18.7 Å². The number of imidazole rings is 1. The van der Waals surface area contributed by atoms with Gasteiger partial charge in [0.25, 0.3) is 5.56 Å². The van der Waals surface area contributed by atoms with Crippen molar-refractivity contribution in [2.24, 2.45) is 20.0 Å². The molecule has 0 spiro atoms. The van der Waals surface area contributed by atoms with Crippen molar-refractivity contribution in [3.63, 3.8) is 0 Å². The summed E-state index contributed by atoms with van der Waals surface area (Å²) in [4.78, 5) is 45.2. The number of likely N-dealkylation sites (tertiary alicyclic amines) is 1. The lowest BCUT2D eigenvalue weighted by atomic mass is 10.1. The number of hydrogen-bond donors (Lipinski definition) is 0. The van der Waals surface area contributed by atoms with Crippen LogP contribution >= 0.6 is 0 Å². The van der Waals surface area contributed by atoms with Gasteiger partial charge in [0.1, 0.15) is 6.54 Å². The Kier molecular flexibility index (Phi) is 4.28. The predicted octanol–water partition coefficient (Wildman–Crippen LogP) is -1.16. The zero-order valence-electron chi connectivity index (χ0n) is 15.3. The zero-order chi connectivity index (χ0) is 18.5. The molecule has 1 fully saturated rings. The lowest BCUT2D eigenvalue weighted by Crippen LogP contribution is -2.39. The molecule has 0 saturated carbocycles. The third-order valence-corrected chi connectivity index (χ3v) is 5.11. The van der Waals surface area contributed by atoms with Gasteiger partial charge in [-0.1, -0.05) is 6.92 Å². The summed E-state index contributed by atoms with van der Waals surface area (Å²) in [5.74, 6) is 0.346. The average molecular weight is 348 g/mol. The van der Waals surface area contributed by atoms with E-state index in [0.717, 1.165) is 4.57 Å². The summed E-state index contributed by atoms with van der Waals surface area (Å²) in [6.07, 6.45) is 1.45. The van der Waals surface area contributed by atoms with Crippen LogP contribution in [0.4, 0.5) is 0 Å². The smallest absolute Gasteiger partial charge is 0.332 e. The molecule has 0 aromatic carbocycles. The molecule has 9 heteroatoms. The minimum Gasteiger partial charge on any atom is -0.339 e. The van der Waals surface area contributed by atoms with E-state index in [2.05, 4.69) is 16.8 Å². The zero-order valence-corrected chi connectivity index (χ0v) is 15.3. The number of carbonyl (C=O) groups excluding carboxylic acids is 1. The molecule has 0 aliphatic carbocycles. The Hall–Kier alpha value is -2.42. The van der Waals surface area contributed by atoms with Crippen molar-refractivity contribution in [3.05, 3.63) is 27.2 Å². The van der Waals surface area contributed by atoms with Crippen molar-refractivity contribution < 1.29 is 4.79 Å². The van der Waals surface area contributed by atoms with Crippen molar-refractivity contribution in [1.82, 2.24) is 28.5 Å². The highest BCUT2D eigenvalue weighted by molar-refractivity contribution is 5.79. The van der Waals surface area contributed by atoms with Crippen LogP contribution < -0.4 is 11.2 Å². The molecule has 136 valence electrons. The van der Waals surface area contributed by atoms with Crippen LogP contribution in [0.5, 0.6) is 0 Å². The van der Waals surface area contributed by atoms with Gasteiger partial charge in [0.05, 0.1) is 6.33 Å². The van der Waals surface area contributed by atoms with Crippen molar-refractivity contribution in [2.45, 2.75) is 19.5 Å². The van der Waals surface area contributed by atoms with Crippen LogP contribution in [0.1, 0.15) is 6.92 Å². The molecule has 0 unspecified atom stereocenters. The Morgan fingerprint density at radius 3 is 2.52 bits per heavy atom. The molecule has 25 heavy (non-hydrogen) atoms. The SMILES string of the molecule is C[C@H]1CN(C(=O)Cn2cnc3c2c(=O)n(C)c(=O)n3C)C[C@@H]1N(C)C. The number of carbonyl (C=O) groups is 1. The molecule has 1 saturated heterocycles. The van der Waals surface area contributed by atoms with E-state index < -0.39 is 11.2 Å². The van der Waals surface area contributed by atoms with Crippen LogP contribution in [0.15, 0.2) is 15.9 Å². The van der Waals surface area contributed by atoms with Gasteiger partial charge in [0, 0.05) is 33.2 Å². The molecular formula is C16H24N6O3. The third kappa shape index (κ3) is 2.78. The standard InChI is InChI=1S/C16H24N6O3/c1-10-6-21(7-11(10)18(2)3)12(23)8-22-9-17-14-13(22)15(24)20(5)16(25)19(14)4/h9-11H,6-8H2,1-5H3/t10-,11-/m0/s1. The summed E-state index contributed by atoms with van der Waals surface area (Å²) in [7, 11) is 7.02. The first-order chi connectivity index (χ1) is 11.7. The molecule has 0 N–H and O–H groups in total. The second-order valence-electron chi connectivity index (χ2n) is 7.06. The first kappa shape index (κ1) is 17.4. The Balaban J connectivity index is 1.91. The number of likely N-dealkylation sites (N-methyl/N-ethyl adjacent to an activating group) is 1. The van der Waals surface area contributed by atoms with Crippen molar-refractivity contribution in [3.8, 4) is 0 Å². The summed E-state index contributed by atoms with van der Waals surface area (Å²) >= 11 is 0. The predicted molar refractivity (Wildman–Crippen MR) is 93.4 cm³/mol. The molecule has 3 heterocycles. The molecule has 2 aromatic rings. The van der Waals surface area contributed by atoms with Crippen molar-refractivity contribution >= 4 is 17.1 Å². The monoisotopic (exact) mass is 348 g/mol. The van der Waals surface area contributed by atoms with Crippen LogP contribution in [-0.4, -0.2) is 67.6 Å². The number of nitrogens with zero attached hydrogens (tertiary/aromatic N) is 6. The fraction of sp³-hybridized carbons (Fsp3) is 0.625. The number of rotatable bonds is 3. The lowest BCUT2D eigenvalue weighted by molar-refractivity contribution is -0.130. The molecule has 1 aliphatic rings. The fourth-order valence-corrected chi connectivity index (χ4v) is 3.59. The Morgan fingerprint density at radius 2 is 1.92 bits per heavy atom. The van der Waals surface area contributed by atoms with E-state index in [1.54, 1.807) is 7.05 Å². The highest BCUT2D eigenvalue weighted by atomic mass is 16.2. The summed E-state index contributed by atoms with van der Waals surface area (Å²) in [6.45, 7) is 3.55. The largest absolute Gasteiger partial charge is 0.339 e. The van der Waals surface area contributed by atoms with Crippen LogP contribution in [0.25, 0.3) is 11.2 Å². The Morgan fingerprint density at radius 1 is 1.24 bits per heavy atom. The van der Waals surface area contributed by atoms with Gasteiger partial charge in [-0.2, -0.15) is 0 Å². The average Bonchev–Trinajstić information content (AvgIpc) is 3.15. The quantitative estimate of drug-likeness (QED) is 0.699. The number of aromatic nitrogens is 4. The molecule has 1 amide bonds. The van der Waals surface area contributed by atoms with E-state index >= 15 is 0 Å². The Bertz CT molecular complexity index is 938. The molecule has 2 atom stereocenters. The van der Waals surface area contributed by atoms with E-state index in [1.165, 1.54) is 22.5 Å². The molecule has 0 radical (unpaired) electrons. The summed E-state index contributed by atoms with van der Waals surface area (Å²) < 4.78 is 3.88. The maximum absolute atomic E-state index is 12.7. The van der Waals surface area contributed by atoms with E-state index in [0.29, 0.717) is 30.7 Å². The number of hydrogen-bond acceptors (Lipinski definition) is 5. The molecule has 9 nitrogen and oxygen atoms in total. The van der Waals surface area contributed by atoms with E-state index in [-0.39, 0.29) is 18.0 Å². The third-order valence-electron chi connectivity index (χ3n) is 5.11. The first-order valence-corrected chi connectivity index (χ1v) is 8.27. The maximum Gasteiger partial charge on any atom is 0.332 e. The van der Waals surface area contributed by atoms with E-state index in [9.17, 15) is 14.4 Å². The van der Waals surface area contributed by atoms with Crippen LogP contribution in [0.3, 0.4) is 0 Å². The van der Waals surface area contributed by atoms with Gasteiger partial charge in [0.2, 0.25) is 5.91 Å². The molecule has 3 rings (SSSR count). The number of amides is 1. The molecular weight excluding hydrogens is 324 g/mol. The first-order valence-electron chi connectivity index (χ1n) is 8.27. The van der Waals surface area contributed by atoms with Crippen LogP contribution in [-0.2, 0) is 25.4 Å².